The molecular weight excluding hydrogens is 240 g/mol. The predicted molar refractivity (Wildman–Crippen MR) is 60.2 cm³/mol. The lowest BCUT2D eigenvalue weighted by molar-refractivity contribution is 1.00. The van der Waals surface area contributed by atoms with E-state index < -0.39 is 0 Å². The van der Waals surface area contributed by atoms with Crippen LogP contribution < -0.4 is 4.90 Å². The maximum atomic E-state index is 8.99. The average Bonchev–Trinajstić information content (AvgIpc) is 2.70. The van der Waals surface area contributed by atoms with Crippen LogP contribution in [0.15, 0.2) is 34.8 Å². The van der Waals surface area contributed by atoms with Gasteiger partial charge in [-0.2, -0.15) is 5.26 Å². The van der Waals surface area contributed by atoms with Gasteiger partial charge in [-0.1, -0.05) is 28.1 Å². The normalized spacial score (nSPS) is 14.4. The zero-order valence-corrected chi connectivity index (χ0v) is 9.16. The Bertz CT molecular complexity index is 410. The van der Waals surface area contributed by atoms with E-state index in [2.05, 4.69) is 39.1 Å². The van der Waals surface area contributed by atoms with Gasteiger partial charge in [0.1, 0.15) is 6.07 Å². The van der Waals surface area contributed by atoms with Crippen LogP contribution in [0, 0.1) is 11.3 Å². The molecular formula is C11H9BrN2. The second-order valence-electron chi connectivity index (χ2n) is 3.15. The zero-order valence-electron chi connectivity index (χ0n) is 7.57. The molecule has 1 aliphatic rings. The largest absolute Gasteiger partial charge is 0.363 e. The average molecular weight is 249 g/mol. The molecule has 0 aliphatic carbocycles. The second kappa shape index (κ2) is 3.85. The number of hydrogen-bond acceptors (Lipinski definition) is 2. The van der Waals surface area contributed by atoms with Crippen LogP contribution in [0.25, 0.3) is 0 Å². The van der Waals surface area contributed by atoms with E-state index in [1.54, 1.807) is 0 Å². The fraction of sp³-hybridized carbons (Fsp3) is 0.182. The van der Waals surface area contributed by atoms with E-state index in [1.807, 2.05) is 18.2 Å². The van der Waals surface area contributed by atoms with E-state index in [0.717, 1.165) is 28.8 Å². The molecule has 3 heteroatoms. The van der Waals surface area contributed by atoms with Crippen molar-refractivity contribution in [1.29, 1.82) is 5.26 Å². The molecule has 0 amide bonds. The van der Waals surface area contributed by atoms with Crippen molar-refractivity contribution >= 4 is 21.6 Å². The van der Waals surface area contributed by atoms with E-state index in [0.29, 0.717) is 0 Å². The van der Waals surface area contributed by atoms with Crippen LogP contribution in [0.5, 0.6) is 0 Å². The lowest BCUT2D eigenvalue weighted by Crippen LogP contribution is -2.19. The van der Waals surface area contributed by atoms with Gasteiger partial charge >= 0.3 is 0 Å². The molecule has 2 rings (SSSR count). The van der Waals surface area contributed by atoms with Crippen molar-refractivity contribution in [1.82, 2.24) is 0 Å². The van der Waals surface area contributed by atoms with Gasteiger partial charge in [-0.15, -0.1) is 0 Å². The Morgan fingerprint density at radius 2 is 2.00 bits per heavy atom. The molecule has 0 atom stereocenters. The van der Waals surface area contributed by atoms with Crippen molar-refractivity contribution in [3.8, 4) is 6.07 Å². The fourth-order valence-electron chi connectivity index (χ4n) is 1.55. The summed E-state index contributed by atoms with van der Waals surface area (Å²) < 4.78 is 0.949. The van der Waals surface area contributed by atoms with Crippen LogP contribution in [0.4, 0.5) is 5.69 Å². The summed E-state index contributed by atoms with van der Waals surface area (Å²) in [7, 11) is 0. The second-order valence-corrected chi connectivity index (χ2v) is 4.07. The minimum atomic E-state index is 0.725. The summed E-state index contributed by atoms with van der Waals surface area (Å²) in [6.07, 6.45) is 4.23. The Balaban J connectivity index is 2.38. The molecule has 0 fully saturated rings. The molecule has 14 heavy (non-hydrogen) atoms. The summed E-state index contributed by atoms with van der Waals surface area (Å²) in [5.41, 5.74) is 1.74. The number of nitriles is 1. The van der Waals surface area contributed by atoms with Crippen molar-refractivity contribution in [2.24, 2.45) is 0 Å². The Kier molecular flexibility index (Phi) is 2.55. The van der Waals surface area contributed by atoms with E-state index in [4.69, 9.17) is 5.26 Å². The summed E-state index contributed by atoms with van der Waals surface area (Å²) in [5.74, 6) is 0. The Labute approximate surface area is 91.6 Å². The Morgan fingerprint density at radius 3 is 2.64 bits per heavy atom. The highest BCUT2D eigenvalue weighted by molar-refractivity contribution is 9.10. The van der Waals surface area contributed by atoms with Crippen molar-refractivity contribution in [3.63, 3.8) is 0 Å². The molecule has 1 aromatic rings. The lowest BCUT2D eigenvalue weighted by atomic mass is 10.2. The monoisotopic (exact) mass is 248 g/mol. The first-order valence-electron chi connectivity index (χ1n) is 4.41. The molecule has 0 spiro atoms. The topological polar surface area (TPSA) is 27.0 Å². The lowest BCUT2D eigenvalue weighted by Gasteiger charge is -2.18. The molecule has 1 heterocycles. The highest BCUT2D eigenvalue weighted by atomic mass is 79.9. The van der Waals surface area contributed by atoms with Gasteiger partial charge in [0, 0.05) is 17.6 Å². The van der Waals surface area contributed by atoms with Crippen molar-refractivity contribution in [2.45, 2.75) is 0 Å². The third-order valence-corrected chi connectivity index (χ3v) is 2.73. The molecule has 0 saturated carbocycles. The van der Waals surface area contributed by atoms with Gasteiger partial charge in [0.25, 0.3) is 0 Å². The highest BCUT2D eigenvalue weighted by Gasteiger charge is 2.11. The number of nitrogens with zero attached hydrogens (tertiary/aromatic N) is 2. The van der Waals surface area contributed by atoms with E-state index >= 15 is 0 Å². The first kappa shape index (κ1) is 9.29. The van der Waals surface area contributed by atoms with Crippen LogP contribution in [0.2, 0.25) is 0 Å². The number of rotatable bonds is 1. The molecule has 0 saturated heterocycles. The summed E-state index contributed by atoms with van der Waals surface area (Å²) in [6.45, 7) is 1.80. The summed E-state index contributed by atoms with van der Waals surface area (Å²) in [5, 5.41) is 8.99. The molecule has 0 aromatic heterocycles. The predicted octanol–water partition coefficient (Wildman–Crippen LogP) is 2.70. The van der Waals surface area contributed by atoms with E-state index in [1.165, 1.54) is 0 Å². The van der Waals surface area contributed by atoms with E-state index in [9.17, 15) is 0 Å². The van der Waals surface area contributed by atoms with Gasteiger partial charge in [-0.05, 0) is 18.2 Å². The standard InChI is InChI=1S/C11H9BrN2/c12-10-3-4-11(9(7-10)8-13)14-5-1-2-6-14/h1-4,7H,5-6H2. The quantitative estimate of drug-likeness (QED) is 0.715. The molecule has 0 radical (unpaired) electrons. The minimum Gasteiger partial charge on any atom is -0.363 e. The Morgan fingerprint density at radius 1 is 1.29 bits per heavy atom. The van der Waals surface area contributed by atoms with Gasteiger partial charge in [-0.25, -0.2) is 0 Å². The third-order valence-electron chi connectivity index (χ3n) is 2.24. The SMILES string of the molecule is N#Cc1cc(Br)ccc1N1CC=CC1. The smallest absolute Gasteiger partial charge is 0.101 e. The van der Waals surface area contributed by atoms with Gasteiger partial charge < -0.3 is 4.90 Å². The van der Waals surface area contributed by atoms with E-state index in [-0.39, 0.29) is 0 Å². The minimum absolute atomic E-state index is 0.725. The van der Waals surface area contributed by atoms with Crippen LogP contribution in [0.1, 0.15) is 5.56 Å². The fourth-order valence-corrected chi connectivity index (χ4v) is 1.91. The molecule has 1 aromatic carbocycles. The van der Waals surface area contributed by atoms with Crippen molar-refractivity contribution < 1.29 is 0 Å². The molecule has 2 nitrogen and oxygen atoms in total. The van der Waals surface area contributed by atoms with Gasteiger partial charge in [0.2, 0.25) is 0 Å². The molecule has 0 bridgehead atoms. The number of halogens is 1. The number of hydrogen-bond donors (Lipinski definition) is 0. The zero-order chi connectivity index (χ0) is 9.97. The van der Waals surface area contributed by atoms with Crippen molar-refractivity contribution in [3.05, 3.63) is 40.4 Å². The summed E-state index contributed by atoms with van der Waals surface area (Å²) in [4.78, 5) is 2.17. The third kappa shape index (κ3) is 1.66. The number of benzene rings is 1. The molecule has 1 aliphatic heterocycles. The van der Waals surface area contributed by atoms with Crippen LogP contribution in [0.3, 0.4) is 0 Å². The van der Waals surface area contributed by atoms with Gasteiger partial charge in [0.05, 0.1) is 11.3 Å². The van der Waals surface area contributed by atoms with Crippen molar-refractivity contribution in [2.75, 3.05) is 18.0 Å². The maximum Gasteiger partial charge on any atom is 0.101 e. The van der Waals surface area contributed by atoms with Crippen LogP contribution in [-0.2, 0) is 0 Å². The van der Waals surface area contributed by atoms with Gasteiger partial charge in [0.15, 0.2) is 0 Å². The summed E-state index contributed by atoms with van der Waals surface area (Å²) >= 11 is 3.36. The first-order valence-corrected chi connectivity index (χ1v) is 5.20. The van der Waals surface area contributed by atoms with Crippen LogP contribution in [-0.4, -0.2) is 13.1 Å². The molecule has 0 N–H and O–H groups in total. The maximum absolute atomic E-state index is 8.99. The number of anilines is 1. The van der Waals surface area contributed by atoms with Crippen LogP contribution >= 0.6 is 15.9 Å². The molecule has 70 valence electrons. The highest BCUT2D eigenvalue weighted by Crippen LogP contribution is 2.25. The van der Waals surface area contributed by atoms with Gasteiger partial charge in [-0.3, -0.25) is 0 Å². The summed E-state index contributed by atoms with van der Waals surface area (Å²) in [6, 6.07) is 8.02. The Hall–Kier alpha value is -1.27. The first-order chi connectivity index (χ1) is 6.81. The molecule has 0 unspecified atom stereocenters.